The number of methoxy groups -OCH3 is 2. The molecular weight excluding hydrogens is 434 g/mol. The summed E-state index contributed by atoms with van der Waals surface area (Å²) in [6, 6.07) is 19.0. The smallest absolute Gasteiger partial charge is 0.336 e. The Kier molecular flexibility index (Phi) is 6.49. The summed E-state index contributed by atoms with van der Waals surface area (Å²) in [5, 5.41) is 3.12. The molecule has 0 fully saturated rings. The first kappa shape index (κ1) is 22.8. The van der Waals surface area contributed by atoms with E-state index in [1.165, 1.54) is 18.8 Å². The lowest BCUT2D eigenvalue weighted by Gasteiger charge is -2.16. The number of carbonyl (C=O) groups is 1. The van der Waals surface area contributed by atoms with E-state index in [9.17, 15) is 14.4 Å². The van der Waals surface area contributed by atoms with Crippen molar-refractivity contribution in [3.05, 3.63) is 93.1 Å². The van der Waals surface area contributed by atoms with E-state index >= 15 is 0 Å². The van der Waals surface area contributed by atoms with E-state index < -0.39 is 11.2 Å². The van der Waals surface area contributed by atoms with Gasteiger partial charge in [0.15, 0.2) is 0 Å². The van der Waals surface area contributed by atoms with Crippen molar-refractivity contribution in [2.24, 2.45) is 0 Å². The second-order valence-electron chi connectivity index (χ2n) is 7.66. The number of hydrogen-bond donors (Lipinski definition) is 1. The van der Waals surface area contributed by atoms with Gasteiger partial charge in [0.25, 0.3) is 5.56 Å². The number of aryl methyl sites for hydroxylation is 1. The molecule has 1 aromatic heterocycles. The normalized spacial score (nSPS) is 10.8. The monoisotopic (exact) mass is 459 g/mol. The molecule has 0 atom stereocenters. The quantitative estimate of drug-likeness (QED) is 0.458. The number of para-hydroxylation sites is 1. The molecule has 0 unspecified atom stereocenters. The summed E-state index contributed by atoms with van der Waals surface area (Å²) < 4.78 is 13.0. The minimum Gasteiger partial charge on any atom is -0.497 e. The van der Waals surface area contributed by atoms with E-state index in [0.717, 1.165) is 16.6 Å². The fourth-order valence-corrected chi connectivity index (χ4v) is 3.83. The fraction of sp³-hybridized carbons (Fsp3) is 0.192. The first-order chi connectivity index (χ1) is 16.5. The molecule has 1 heterocycles. The summed E-state index contributed by atoms with van der Waals surface area (Å²) in [7, 11) is 2.94. The number of nitrogens with zero attached hydrogens (tertiary/aromatic N) is 2. The van der Waals surface area contributed by atoms with Crippen molar-refractivity contribution in [1.82, 2.24) is 9.13 Å². The molecule has 0 aliphatic rings. The van der Waals surface area contributed by atoms with Gasteiger partial charge in [-0.1, -0.05) is 31.2 Å². The van der Waals surface area contributed by atoms with Crippen molar-refractivity contribution >= 4 is 22.5 Å². The third-order valence-corrected chi connectivity index (χ3v) is 5.63. The number of nitrogens with one attached hydrogen (secondary N) is 1. The Morgan fingerprint density at radius 2 is 1.68 bits per heavy atom. The van der Waals surface area contributed by atoms with Gasteiger partial charge in [0, 0.05) is 11.8 Å². The van der Waals surface area contributed by atoms with Crippen LogP contribution in [0.25, 0.3) is 16.6 Å². The third-order valence-electron chi connectivity index (χ3n) is 5.63. The second kappa shape index (κ2) is 9.66. The van der Waals surface area contributed by atoms with Gasteiger partial charge in [-0.05, 0) is 48.4 Å². The average molecular weight is 460 g/mol. The van der Waals surface area contributed by atoms with Gasteiger partial charge in [-0.25, -0.2) is 9.36 Å². The summed E-state index contributed by atoms with van der Waals surface area (Å²) in [6.07, 6.45) is 0.894. The highest BCUT2D eigenvalue weighted by Crippen LogP contribution is 2.26. The average Bonchev–Trinajstić information content (AvgIpc) is 2.87. The first-order valence-electron chi connectivity index (χ1n) is 10.8. The summed E-state index contributed by atoms with van der Waals surface area (Å²) >= 11 is 0. The lowest BCUT2D eigenvalue weighted by molar-refractivity contribution is -0.116. The Hall–Kier alpha value is -4.33. The lowest BCUT2D eigenvalue weighted by Crippen LogP contribution is -2.41. The number of aromatic nitrogens is 2. The Labute approximate surface area is 196 Å². The van der Waals surface area contributed by atoms with E-state index in [1.807, 2.05) is 24.3 Å². The standard InChI is InChI=1S/C26H25N3O5/c1-4-17-9-11-18(12-10-17)27-24(30)16-28-21-8-6-5-7-20(21)25(31)29(26(28)32)22-15-19(33-2)13-14-23(22)34-3/h5-15H,4,16H2,1-3H3,(H,27,30). The van der Waals surface area contributed by atoms with Crippen LogP contribution in [0, 0.1) is 0 Å². The van der Waals surface area contributed by atoms with Gasteiger partial charge in [0.2, 0.25) is 5.91 Å². The Balaban J connectivity index is 1.84. The maximum atomic E-state index is 13.6. The van der Waals surface area contributed by atoms with Crippen molar-refractivity contribution < 1.29 is 14.3 Å². The van der Waals surface area contributed by atoms with Gasteiger partial charge in [0.05, 0.1) is 30.8 Å². The summed E-state index contributed by atoms with van der Waals surface area (Å²) in [6.45, 7) is 1.78. The van der Waals surface area contributed by atoms with Crippen LogP contribution >= 0.6 is 0 Å². The SMILES string of the molecule is CCc1ccc(NC(=O)Cn2c(=O)n(-c3cc(OC)ccc3OC)c(=O)c3ccccc32)cc1. The van der Waals surface area contributed by atoms with Gasteiger partial charge in [-0.2, -0.15) is 0 Å². The van der Waals surface area contributed by atoms with Gasteiger partial charge < -0.3 is 14.8 Å². The van der Waals surface area contributed by atoms with Crippen molar-refractivity contribution in [3.63, 3.8) is 0 Å². The first-order valence-corrected chi connectivity index (χ1v) is 10.8. The number of anilines is 1. The molecule has 4 rings (SSSR count). The Morgan fingerprint density at radius 3 is 2.35 bits per heavy atom. The van der Waals surface area contributed by atoms with E-state index in [-0.39, 0.29) is 18.1 Å². The highest BCUT2D eigenvalue weighted by molar-refractivity contribution is 5.91. The maximum Gasteiger partial charge on any atom is 0.336 e. The number of carbonyl (C=O) groups excluding carboxylic acids is 1. The van der Waals surface area contributed by atoms with Crippen LogP contribution in [0.15, 0.2) is 76.3 Å². The molecule has 0 aliphatic heterocycles. The number of ether oxygens (including phenoxy) is 2. The Morgan fingerprint density at radius 1 is 0.941 bits per heavy atom. The molecule has 0 radical (unpaired) electrons. The van der Waals surface area contributed by atoms with Crippen LogP contribution in [-0.2, 0) is 17.8 Å². The summed E-state index contributed by atoms with van der Waals surface area (Å²) in [4.78, 5) is 39.8. The molecule has 8 heteroatoms. The number of amides is 1. The minimum absolute atomic E-state index is 0.229. The molecule has 174 valence electrons. The van der Waals surface area contributed by atoms with Gasteiger partial charge in [0.1, 0.15) is 18.0 Å². The van der Waals surface area contributed by atoms with Crippen LogP contribution in [-0.4, -0.2) is 29.3 Å². The lowest BCUT2D eigenvalue weighted by atomic mass is 10.1. The predicted molar refractivity (Wildman–Crippen MR) is 131 cm³/mol. The van der Waals surface area contributed by atoms with Crippen molar-refractivity contribution in [3.8, 4) is 17.2 Å². The molecule has 0 aliphatic carbocycles. The highest BCUT2D eigenvalue weighted by Gasteiger charge is 2.19. The molecule has 0 bridgehead atoms. The van der Waals surface area contributed by atoms with Gasteiger partial charge in [-0.3, -0.25) is 14.2 Å². The molecule has 0 saturated heterocycles. The van der Waals surface area contributed by atoms with Crippen LogP contribution in [0.4, 0.5) is 5.69 Å². The second-order valence-corrected chi connectivity index (χ2v) is 7.66. The molecular formula is C26H25N3O5. The maximum absolute atomic E-state index is 13.6. The zero-order valence-electron chi connectivity index (χ0n) is 19.2. The van der Waals surface area contributed by atoms with Crippen LogP contribution in [0.5, 0.6) is 11.5 Å². The third kappa shape index (κ3) is 4.30. The van der Waals surface area contributed by atoms with Crippen LogP contribution in [0.1, 0.15) is 12.5 Å². The number of rotatable bonds is 7. The van der Waals surface area contributed by atoms with E-state index in [4.69, 9.17) is 9.47 Å². The zero-order valence-corrected chi connectivity index (χ0v) is 19.2. The molecule has 34 heavy (non-hydrogen) atoms. The highest BCUT2D eigenvalue weighted by atomic mass is 16.5. The molecule has 0 spiro atoms. The van der Waals surface area contributed by atoms with Crippen LogP contribution in [0.3, 0.4) is 0 Å². The molecule has 0 saturated carbocycles. The Bertz CT molecular complexity index is 1470. The van der Waals surface area contributed by atoms with Crippen LogP contribution < -0.4 is 26.0 Å². The van der Waals surface area contributed by atoms with Gasteiger partial charge >= 0.3 is 5.69 Å². The largest absolute Gasteiger partial charge is 0.497 e. The summed E-state index contributed by atoms with van der Waals surface area (Å²) in [5.41, 5.74) is 1.20. The summed E-state index contributed by atoms with van der Waals surface area (Å²) in [5.74, 6) is 0.386. The zero-order chi connectivity index (χ0) is 24.2. The van der Waals surface area contributed by atoms with Crippen molar-refractivity contribution in [1.29, 1.82) is 0 Å². The number of benzene rings is 3. The topological polar surface area (TPSA) is 91.6 Å². The van der Waals surface area contributed by atoms with Crippen molar-refractivity contribution in [2.45, 2.75) is 19.9 Å². The number of hydrogen-bond acceptors (Lipinski definition) is 5. The predicted octanol–water partition coefficient (Wildman–Crippen LogP) is 3.37. The van der Waals surface area contributed by atoms with Crippen LogP contribution in [0.2, 0.25) is 0 Å². The van der Waals surface area contributed by atoms with Crippen molar-refractivity contribution in [2.75, 3.05) is 19.5 Å². The van der Waals surface area contributed by atoms with E-state index in [2.05, 4.69) is 12.2 Å². The molecule has 3 aromatic carbocycles. The molecule has 1 amide bonds. The fourth-order valence-electron chi connectivity index (χ4n) is 3.83. The van der Waals surface area contributed by atoms with E-state index in [1.54, 1.807) is 42.5 Å². The minimum atomic E-state index is -0.660. The van der Waals surface area contributed by atoms with E-state index in [0.29, 0.717) is 28.1 Å². The molecule has 1 N–H and O–H groups in total. The molecule has 8 nitrogen and oxygen atoms in total. The number of fused-ring (bicyclic) bond motifs is 1. The molecule has 4 aromatic rings. The van der Waals surface area contributed by atoms with Gasteiger partial charge in [-0.15, -0.1) is 0 Å².